The van der Waals surface area contributed by atoms with Gasteiger partial charge in [0.05, 0.1) is 13.7 Å². The molecule has 1 N–H and O–H groups in total. The van der Waals surface area contributed by atoms with Crippen LogP contribution >= 0.6 is 0 Å². The number of hydrogen-bond acceptors (Lipinski definition) is 3. The number of hydrogen-bond donors (Lipinski definition) is 1. The largest absolute Gasteiger partial charge is 0.497 e. The van der Waals surface area contributed by atoms with Crippen molar-refractivity contribution in [2.75, 3.05) is 13.7 Å². The molecule has 0 amide bonds. The van der Waals surface area contributed by atoms with Gasteiger partial charge in [0.25, 0.3) is 0 Å². The third-order valence-electron chi connectivity index (χ3n) is 2.51. The summed E-state index contributed by atoms with van der Waals surface area (Å²) in [6.45, 7) is 3.78. The van der Waals surface area contributed by atoms with E-state index in [2.05, 4.69) is 0 Å². The van der Waals surface area contributed by atoms with Crippen molar-refractivity contribution in [3.8, 4) is 5.75 Å². The summed E-state index contributed by atoms with van der Waals surface area (Å²) in [4.78, 5) is 10.9. The van der Waals surface area contributed by atoms with E-state index in [1.165, 1.54) is 0 Å². The molecule has 0 aliphatic rings. The molecule has 3 nitrogen and oxygen atoms in total. The number of rotatable bonds is 4. The average Bonchev–Trinajstić information content (AvgIpc) is 2.28. The SMILES string of the molecule is COc1ccc(C(C)(C)CO)c(C=O)c1. The first-order valence-corrected chi connectivity index (χ1v) is 4.79. The first-order chi connectivity index (χ1) is 7.05. The van der Waals surface area contributed by atoms with Crippen LogP contribution in [0.2, 0.25) is 0 Å². The lowest BCUT2D eigenvalue weighted by Gasteiger charge is -2.24. The van der Waals surface area contributed by atoms with Crippen LogP contribution in [0, 0.1) is 0 Å². The minimum Gasteiger partial charge on any atom is -0.497 e. The maximum atomic E-state index is 10.9. The molecule has 1 rings (SSSR count). The van der Waals surface area contributed by atoms with E-state index in [1.54, 1.807) is 19.2 Å². The third-order valence-corrected chi connectivity index (χ3v) is 2.51. The highest BCUT2D eigenvalue weighted by Crippen LogP contribution is 2.27. The van der Waals surface area contributed by atoms with Crippen molar-refractivity contribution in [2.45, 2.75) is 19.3 Å². The fraction of sp³-hybridized carbons (Fsp3) is 0.417. The van der Waals surface area contributed by atoms with Crippen LogP contribution in [-0.4, -0.2) is 25.1 Å². The molecule has 0 aliphatic heterocycles. The molecule has 0 fully saturated rings. The van der Waals surface area contributed by atoms with Gasteiger partial charge in [0, 0.05) is 11.0 Å². The Bertz CT molecular complexity index is 356. The van der Waals surface area contributed by atoms with Gasteiger partial charge >= 0.3 is 0 Å². The van der Waals surface area contributed by atoms with Crippen LogP contribution in [0.25, 0.3) is 0 Å². The quantitative estimate of drug-likeness (QED) is 0.767. The van der Waals surface area contributed by atoms with Crippen LogP contribution in [-0.2, 0) is 5.41 Å². The molecule has 0 spiro atoms. The van der Waals surface area contributed by atoms with E-state index in [0.717, 1.165) is 11.8 Å². The van der Waals surface area contributed by atoms with Crippen LogP contribution in [0.4, 0.5) is 0 Å². The van der Waals surface area contributed by atoms with Crippen molar-refractivity contribution in [1.82, 2.24) is 0 Å². The van der Waals surface area contributed by atoms with Gasteiger partial charge in [0.15, 0.2) is 0 Å². The number of aliphatic hydroxyl groups excluding tert-OH is 1. The Balaban J connectivity index is 3.24. The smallest absolute Gasteiger partial charge is 0.150 e. The summed E-state index contributed by atoms with van der Waals surface area (Å²) in [5, 5.41) is 9.25. The van der Waals surface area contributed by atoms with Crippen LogP contribution in [0.5, 0.6) is 5.75 Å². The van der Waals surface area contributed by atoms with Crippen LogP contribution < -0.4 is 4.74 Å². The second-order valence-electron chi connectivity index (χ2n) is 4.11. The summed E-state index contributed by atoms with van der Waals surface area (Å²) in [5.74, 6) is 0.648. The van der Waals surface area contributed by atoms with E-state index in [-0.39, 0.29) is 6.61 Å². The lowest BCUT2D eigenvalue weighted by Crippen LogP contribution is -2.23. The zero-order chi connectivity index (χ0) is 11.5. The molecule has 0 bridgehead atoms. The fourth-order valence-electron chi connectivity index (χ4n) is 1.47. The molecule has 0 unspecified atom stereocenters. The lowest BCUT2D eigenvalue weighted by atomic mass is 9.83. The predicted molar refractivity (Wildman–Crippen MR) is 58.5 cm³/mol. The minimum atomic E-state index is -0.414. The van der Waals surface area contributed by atoms with E-state index >= 15 is 0 Å². The number of carbonyl (C=O) groups is 1. The fourth-order valence-corrected chi connectivity index (χ4v) is 1.47. The monoisotopic (exact) mass is 208 g/mol. The summed E-state index contributed by atoms with van der Waals surface area (Å²) in [5.41, 5.74) is 0.983. The van der Waals surface area contributed by atoms with Gasteiger partial charge in [0.1, 0.15) is 12.0 Å². The second kappa shape index (κ2) is 4.45. The predicted octanol–water partition coefficient (Wildman–Crippen LogP) is 1.78. The van der Waals surface area contributed by atoms with Crippen molar-refractivity contribution in [2.24, 2.45) is 0 Å². The van der Waals surface area contributed by atoms with E-state index in [9.17, 15) is 9.90 Å². The lowest BCUT2D eigenvalue weighted by molar-refractivity contribution is 0.111. The summed E-state index contributed by atoms with van der Waals surface area (Å²) >= 11 is 0. The van der Waals surface area contributed by atoms with Crippen molar-refractivity contribution in [3.05, 3.63) is 29.3 Å². The number of benzene rings is 1. The molecular formula is C12H16O3. The van der Waals surface area contributed by atoms with E-state index in [1.807, 2.05) is 19.9 Å². The molecule has 0 aromatic heterocycles. The molecule has 0 saturated carbocycles. The number of ether oxygens (including phenoxy) is 1. The van der Waals surface area contributed by atoms with Crippen molar-refractivity contribution in [1.29, 1.82) is 0 Å². The highest BCUT2D eigenvalue weighted by atomic mass is 16.5. The summed E-state index contributed by atoms with van der Waals surface area (Å²) < 4.78 is 5.04. The molecule has 15 heavy (non-hydrogen) atoms. The van der Waals surface area contributed by atoms with Gasteiger partial charge in [0.2, 0.25) is 0 Å². The van der Waals surface area contributed by atoms with Crippen molar-refractivity contribution < 1.29 is 14.6 Å². The molecule has 0 heterocycles. The van der Waals surface area contributed by atoms with Crippen molar-refractivity contribution in [3.63, 3.8) is 0 Å². The first-order valence-electron chi connectivity index (χ1n) is 4.79. The minimum absolute atomic E-state index is 0.000167. The van der Waals surface area contributed by atoms with E-state index in [4.69, 9.17) is 4.74 Å². The molecule has 0 saturated heterocycles. The van der Waals surface area contributed by atoms with Gasteiger partial charge in [-0.3, -0.25) is 4.79 Å². The molecule has 0 atom stereocenters. The Kier molecular flexibility index (Phi) is 3.48. The normalized spacial score (nSPS) is 11.2. The summed E-state index contributed by atoms with van der Waals surface area (Å²) in [6, 6.07) is 5.29. The Morgan fingerprint density at radius 2 is 2.13 bits per heavy atom. The molecule has 3 heteroatoms. The zero-order valence-corrected chi connectivity index (χ0v) is 9.28. The van der Waals surface area contributed by atoms with Gasteiger partial charge in [-0.25, -0.2) is 0 Å². The zero-order valence-electron chi connectivity index (χ0n) is 9.28. The Hall–Kier alpha value is -1.35. The maximum absolute atomic E-state index is 10.9. The highest BCUT2D eigenvalue weighted by Gasteiger charge is 2.22. The molecule has 0 aliphatic carbocycles. The van der Waals surface area contributed by atoms with Crippen LogP contribution in [0.1, 0.15) is 29.8 Å². The van der Waals surface area contributed by atoms with E-state index < -0.39 is 5.41 Å². The number of carbonyl (C=O) groups excluding carboxylic acids is 1. The van der Waals surface area contributed by atoms with Gasteiger partial charge in [-0.1, -0.05) is 19.9 Å². The number of methoxy groups -OCH3 is 1. The molecular weight excluding hydrogens is 192 g/mol. The molecule has 0 radical (unpaired) electrons. The number of aliphatic hydroxyl groups is 1. The van der Waals surface area contributed by atoms with Gasteiger partial charge in [-0.15, -0.1) is 0 Å². The average molecular weight is 208 g/mol. The molecule has 82 valence electrons. The number of aldehydes is 1. The topological polar surface area (TPSA) is 46.5 Å². The van der Waals surface area contributed by atoms with Gasteiger partial charge < -0.3 is 9.84 Å². The Labute approximate surface area is 89.7 Å². The second-order valence-corrected chi connectivity index (χ2v) is 4.11. The molecule has 1 aromatic carbocycles. The van der Waals surface area contributed by atoms with Crippen LogP contribution in [0.15, 0.2) is 18.2 Å². The standard InChI is InChI=1S/C12H16O3/c1-12(2,8-14)11-5-4-10(15-3)6-9(11)7-13/h4-7,14H,8H2,1-3H3. The first kappa shape index (κ1) is 11.7. The van der Waals surface area contributed by atoms with Crippen LogP contribution in [0.3, 0.4) is 0 Å². The Morgan fingerprint density at radius 3 is 2.60 bits per heavy atom. The van der Waals surface area contributed by atoms with Gasteiger partial charge in [-0.2, -0.15) is 0 Å². The van der Waals surface area contributed by atoms with Crippen molar-refractivity contribution >= 4 is 6.29 Å². The summed E-state index contributed by atoms with van der Waals surface area (Å²) in [6.07, 6.45) is 0.787. The third kappa shape index (κ3) is 2.36. The highest BCUT2D eigenvalue weighted by molar-refractivity contribution is 5.79. The van der Waals surface area contributed by atoms with Gasteiger partial charge in [-0.05, 0) is 17.7 Å². The van der Waals surface area contributed by atoms with E-state index in [0.29, 0.717) is 11.3 Å². The summed E-state index contributed by atoms with van der Waals surface area (Å²) in [7, 11) is 1.56. The Morgan fingerprint density at radius 1 is 1.47 bits per heavy atom. The maximum Gasteiger partial charge on any atom is 0.150 e. The molecule has 1 aromatic rings.